The highest BCUT2D eigenvalue weighted by Crippen LogP contribution is 2.22. The van der Waals surface area contributed by atoms with Gasteiger partial charge in [0, 0.05) is 19.3 Å². The van der Waals surface area contributed by atoms with Gasteiger partial charge in [-0.1, -0.05) is 0 Å². The molecule has 0 aliphatic carbocycles. The molecule has 5 nitrogen and oxygen atoms in total. The highest BCUT2D eigenvalue weighted by atomic mass is 16.1. The predicted octanol–water partition coefficient (Wildman–Crippen LogP) is 0.756. The zero-order valence-corrected chi connectivity index (χ0v) is 11.3. The van der Waals surface area contributed by atoms with E-state index in [1.54, 1.807) is 18.2 Å². The van der Waals surface area contributed by atoms with Crippen molar-refractivity contribution in [3.8, 4) is 0 Å². The quantitative estimate of drug-likeness (QED) is 0.731. The SMILES string of the molecule is CN(C)CCCN(C)c1cc(N)ccc1C(N)=O. The number of rotatable bonds is 6. The number of nitrogens with two attached hydrogens (primary N) is 2. The van der Waals surface area contributed by atoms with Crippen LogP contribution in [0.3, 0.4) is 0 Å². The Morgan fingerprint density at radius 1 is 1.22 bits per heavy atom. The fraction of sp³-hybridized carbons (Fsp3) is 0.462. The molecular weight excluding hydrogens is 228 g/mol. The van der Waals surface area contributed by atoms with Gasteiger partial charge < -0.3 is 21.3 Å². The van der Waals surface area contributed by atoms with Gasteiger partial charge in [-0.2, -0.15) is 0 Å². The molecule has 100 valence electrons. The van der Waals surface area contributed by atoms with Crippen LogP contribution in [0.15, 0.2) is 18.2 Å². The molecule has 0 bridgehead atoms. The van der Waals surface area contributed by atoms with Crippen molar-refractivity contribution in [3.05, 3.63) is 23.8 Å². The van der Waals surface area contributed by atoms with Gasteiger partial charge in [-0.25, -0.2) is 0 Å². The molecule has 0 aliphatic heterocycles. The van der Waals surface area contributed by atoms with Gasteiger partial charge in [0.2, 0.25) is 0 Å². The van der Waals surface area contributed by atoms with E-state index in [4.69, 9.17) is 11.5 Å². The summed E-state index contributed by atoms with van der Waals surface area (Å²) in [5, 5.41) is 0. The van der Waals surface area contributed by atoms with E-state index in [1.807, 2.05) is 26.0 Å². The smallest absolute Gasteiger partial charge is 0.250 e. The van der Waals surface area contributed by atoms with Crippen LogP contribution in [-0.2, 0) is 0 Å². The van der Waals surface area contributed by atoms with Crippen molar-refractivity contribution < 1.29 is 4.79 Å². The summed E-state index contributed by atoms with van der Waals surface area (Å²) >= 11 is 0. The molecule has 0 aliphatic rings. The van der Waals surface area contributed by atoms with E-state index in [9.17, 15) is 4.79 Å². The maximum Gasteiger partial charge on any atom is 0.250 e. The topological polar surface area (TPSA) is 75.6 Å². The number of hydrogen-bond donors (Lipinski definition) is 2. The third kappa shape index (κ3) is 3.92. The maximum absolute atomic E-state index is 11.4. The molecule has 0 unspecified atom stereocenters. The van der Waals surface area contributed by atoms with Crippen LogP contribution in [0.25, 0.3) is 0 Å². The van der Waals surface area contributed by atoms with E-state index in [0.717, 1.165) is 25.2 Å². The Labute approximate surface area is 108 Å². The summed E-state index contributed by atoms with van der Waals surface area (Å²) in [7, 11) is 6.02. The Balaban J connectivity index is 2.80. The highest BCUT2D eigenvalue weighted by molar-refractivity contribution is 5.99. The monoisotopic (exact) mass is 250 g/mol. The van der Waals surface area contributed by atoms with Crippen LogP contribution >= 0.6 is 0 Å². The summed E-state index contributed by atoms with van der Waals surface area (Å²) < 4.78 is 0. The first kappa shape index (κ1) is 14.3. The normalized spacial score (nSPS) is 10.7. The second-order valence-corrected chi connectivity index (χ2v) is 4.72. The Bertz CT molecular complexity index is 417. The second kappa shape index (κ2) is 6.26. The number of nitrogen functional groups attached to an aromatic ring is 1. The van der Waals surface area contributed by atoms with E-state index in [-0.39, 0.29) is 0 Å². The molecule has 5 heteroatoms. The lowest BCUT2D eigenvalue weighted by Gasteiger charge is -2.22. The largest absolute Gasteiger partial charge is 0.399 e. The number of anilines is 2. The average molecular weight is 250 g/mol. The molecule has 0 saturated heterocycles. The summed E-state index contributed by atoms with van der Waals surface area (Å²) in [6.45, 7) is 1.85. The van der Waals surface area contributed by atoms with Crippen molar-refractivity contribution in [1.29, 1.82) is 0 Å². The van der Waals surface area contributed by atoms with Gasteiger partial charge in [0.1, 0.15) is 0 Å². The summed E-state index contributed by atoms with van der Waals surface area (Å²) in [6, 6.07) is 5.16. The van der Waals surface area contributed by atoms with Gasteiger partial charge in [-0.05, 0) is 45.3 Å². The summed E-state index contributed by atoms with van der Waals surface area (Å²) in [6.07, 6.45) is 1.01. The van der Waals surface area contributed by atoms with E-state index in [1.165, 1.54) is 0 Å². The van der Waals surface area contributed by atoms with Gasteiger partial charge in [-0.15, -0.1) is 0 Å². The minimum absolute atomic E-state index is 0.426. The molecule has 4 N–H and O–H groups in total. The number of amides is 1. The number of benzene rings is 1. The lowest BCUT2D eigenvalue weighted by Crippen LogP contribution is -2.26. The van der Waals surface area contributed by atoms with Crippen LogP contribution in [0.5, 0.6) is 0 Å². The Hall–Kier alpha value is -1.75. The molecule has 0 aromatic heterocycles. The van der Waals surface area contributed by atoms with E-state index in [0.29, 0.717) is 11.3 Å². The summed E-state index contributed by atoms with van der Waals surface area (Å²) in [4.78, 5) is 15.5. The number of nitrogens with zero attached hydrogens (tertiary/aromatic N) is 2. The highest BCUT2D eigenvalue weighted by Gasteiger charge is 2.12. The molecule has 18 heavy (non-hydrogen) atoms. The fourth-order valence-corrected chi connectivity index (χ4v) is 1.82. The maximum atomic E-state index is 11.4. The zero-order chi connectivity index (χ0) is 13.7. The average Bonchev–Trinajstić information content (AvgIpc) is 2.27. The Morgan fingerprint density at radius 3 is 2.44 bits per heavy atom. The number of primary amides is 1. The molecule has 0 radical (unpaired) electrons. The minimum atomic E-state index is -0.426. The van der Waals surface area contributed by atoms with Crippen molar-refractivity contribution in [2.45, 2.75) is 6.42 Å². The van der Waals surface area contributed by atoms with E-state index >= 15 is 0 Å². The van der Waals surface area contributed by atoms with Gasteiger partial charge in [0.05, 0.1) is 11.3 Å². The lowest BCUT2D eigenvalue weighted by atomic mass is 10.1. The summed E-state index contributed by atoms with van der Waals surface area (Å²) in [5.41, 5.74) is 13.1. The van der Waals surface area contributed by atoms with Gasteiger partial charge in [-0.3, -0.25) is 4.79 Å². The minimum Gasteiger partial charge on any atom is -0.399 e. The molecule has 0 saturated carbocycles. The van der Waals surface area contributed by atoms with Crippen LogP contribution in [0, 0.1) is 0 Å². The van der Waals surface area contributed by atoms with Crippen molar-refractivity contribution in [3.63, 3.8) is 0 Å². The number of carbonyl (C=O) groups excluding carboxylic acids is 1. The second-order valence-electron chi connectivity index (χ2n) is 4.72. The van der Waals surface area contributed by atoms with Crippen molar-refractivity contribution in [2.75, 3.05) is 44.9 Å². The van der Waals surface area contributed by atoms with E-state index in [2.05, 4.69) is 4.90 Å². The molecule has 0 spiro atoms. The lowest BCUT2D eigenvalue weighted by molar-refractivity contribution is 0.100. The first-order valence-corrected chi connectivity index (χ1v) is 5.97. The summed E-state index contributed by atoms with van der Waals surface area (Å²) in [5.74, 6) is -0.426. The molecule has 1 aromatic carbocycles. The molecular formula is C13H22N4O. The van der Waals surface area contributed by atoms with Crippen LogP contribution in [0.2, 0.25) is 0 Å². The first-order chi connectivity index (χ1) is 8.41. The predicted molar refractivity (Wildman–Crippen MR) is 75.8 cm³/mol. The molecule has 1 rings (SSSR count). The molecule has 1 amide bonds. The number of carbonyl (C=O) groups is 1. The standard InChI is InChI=1S/C13H22N4O/c1-16(2)7-4-8-17(3)12-9-10(14)5-6-11(12)13(15)18/h5-6,9H,4,7-8,14H2,1-3H3,(H2,15,18). The molecule has 0 heterocycles. The van der Waals surface area contributed by atoms with Crippen LogP contribution < -0.4 is 16.4 Å². The van der Waals surface area contributed by atoms with Crippen LogP contribution in [-0.4, -0.2) is 45.0 Å². The van der Waals surface area contributed by atoms with Gasteiger partial charge in [0.25, 0.3) is 5.91 Å². The molecule has 0 fully saturated rings. The van der Waals surface area contributed by atoms with Gasteiger partial charge >= 0.3 is 0 Å². The number of hydrogen-bond acceptors (Lipinski definition) is 4. The Morgan fingerprint density at radius 2 is 1.89 bits per heavy atom. The Kier molecular flexibility index (Phi) is 4.97. The zero-order valence-electron chi connectivity index (χ0n) is 11.3. The van der Waals surface area contributed by atoms with Gasteiger partial charge in [0.15, 0.2) is 0 Å². The van der Waals surface area contributed by atoms with Crippen molar-refractivity contribution >= 4 is 17.3 Å². The third-order valence-electron chi connectivity index (χ3n) is 2.80. The van der Waals surface area contributed by atoms with Crippen LogP contribution in [0.4, 0.5) is 11.4 Å². The van der Waals surface area contributed by atoms with Crippen molar-refractivity contribution in [1.82, 2.24) is 4.90 Å². The first-order valence-electron chi connectivity index (χ1n) is 5.97. The molecule has 0 atom stereocenters. The third-order valence-corrected chi connectivity index (χ3v) is 2.80. The van der Waals surface area contributed by atoms with Crippen molar-refractivity contribution in [2.24, 2.45) is 5.73 Å². The fourth-order valence-electron chi connectivity index (χ4n) is 1.82. The molecule has 1 aromatic rings. The van der Waals surface area contributed by atoms with Crippen LogP contribution in [0.1, 0.15) is 16.8 Å². The van der Waals surface area contributed by atoms with E-state index < -0.39 is 5.91 Å².